The number of ether oxygens (including phenoxy) is 1. The summed E-state index contributed by atoms with van der Waals surface area (Å²) in [6.07, 6.45) is 2.42. The lowest BCUT2D eigenvalue weighted by Crippen LogP contribution is -2.27. The fourth-order valence-corrected chi connectivity index (χ4v) is 2.06. The molecule has 94 valence electrons. The van der Waals surface area contributed by atoms with E-state index in [0.717, 1.165) is 24.9 Å². The first-order valence-electron chi connectivity index (χ1n) is 5.64. The Morgan fingerprint density at radius 1 is 1.24 bits per heavy atom. The largest absolute Gasteiger partial charge is 0.435 e. The summed E-state index contributed by atoms with van der Waals surface area (Å²) < 4.78 is 28.1. The molecule has 1 fully saturated rings. The van der Waals surface area contributed by atoms with E-state index >= 15 is 0 Å². The van der Waals surface area contributed by atoms with Crippen molar-refractivity contribution in [2.75, 3.05) is 5.32 Å². The number of halogens is 2. The minimum absolute atomic E-state index is 0.0527. The summed E-state index contributed by atoms with van der Waals surface area (Å²) in [5.74, 6) is 0.137. The number of hydrogen-bond acceptors (Lipinski definition) is 3. The second kappa shape index (κ2) is 5.31. The molecule has 2 N–H and O–H groups in total. The molecule has 0 spiro atoms. The van der Waals surface area contributed by atoms with E-state index in [-0.39, 0.29) is 17.9 Å². The smallest absolute Gasteiger partial charge is 0.387 e. The van der Waals surface area contributed by atoms with Gasteiger partial charge >= 0.3 is 6.61 Å². The molecule has 0 bridgehead atoms. The number of aliphatic hydroxyl groups excluding tert-OH is 1. The van der Waals surface area contributed by atoms with Crippen molar-refractivity contribution in [3.63, 3.8) is 0 Å². The number of anilines is 1. The van der Waals surface area contributed by atoms with Gasteiger partial charge in [0.1, 0.15) is 5.75 Å². The number of alkyl halides is 2. The average molecular weight is 243 g/mol. The first-order valence-corrected chi connectivity index (χ1v) is 5.64. The van der Waals surface area contributed by atoms with Crippen LogP contribution in [0.5, 0.6) is 5.75 Å². The van der Waals surface area contributed by atoms with E-state index in [9.17, 15) is 13.9 Å². The molecule has 1 aliphatic rings. The van der Waals surface area contributed by atoms with Crippen molar-refractivity contribution < 1.29 is 18.6 Å². The van der Waals surface area contributed by atoms with Gasteiger partial charge < -0.3 is 15.2 Å². The third-order valence-electron chi connectivity index (χ3n) is 2.91. The highest BCUT2D eigenvalue weighted by molar-refractivity contribution is 5.47. The van der Waals surface area contributed by atoms with Gasteiger partial charge in [0, 0.05) is 5.69 Å². The average Bonchev–Trinajstić information content (AvgIpc) is 2.67. The topological polar surface area (TPSA) is 41.5 Å². The Hall–Kier alpha value is -1.36. The van der Waals surface area contributed by atoms with Crippen LogP contribution in [0.1, 0.15) is 19.3 Å². The molecule has 5 heteroatoms. The summed E-state index contributed by atoms with van der Waals surface area (Å²) in [5, 5.41) is 12.8. The Morgan fingerprint density at radius 2 is 1.94 bits per heavy atom. The van der Waals surface area contributed by atoms with Gasteiger partial charge in [0.15, 0.2) is 0 Å². The van der Waals surface area contributed by atoms with Crippen LogP contribution in [0.15, 0.2) is 24.3 Å². The normalized spacial score (nSPS) is 24.0. The van der Waals surface area contributed by atoms with E-state index in [2.05, 4.69) is 10.1 Å². The van der Waals surface area contributed by atoms with Crippen molar-refractivity contribution in [2.24, 2.45) is 0 Å². The predicted octanol–water partition coefficient (Wildman–Crippen LogP) is 2.61. The van der Waals surface area contributed by atoms with Crippen LogP contribution < -0.4 is 10.1 Å². The van der Waals surface area contributed by atoms with E-state index < -0.39 is 6.61 Å². The van der Waals surface area contributed by atoms with E-state index in [0.29, 0.717) is 0 Å². The lowest BCUT2D eigenvalue weighted by atomic mass is 10.2. The minimum Gasteiger partial charge on any atom is -0.435 e. The second-order valence-electron chi connectivity index (χ2n) is 4.15. The fraction of sp³-hybridized carbons (Fsp3) is 0.500. The number of benzene rings is 1. The summed E-state index contributed by atoms with van der Waals surface area (Å²) in [5.41, 5.74) is 0.803. The molecular formula is C12H15F2NO2. The second-order valence-corrected chi connectivity index (χ2v) is 4.15. The molecule has 1 aliphatic carbocycles. The summed E-state index contributed by atoms with van der Waals surface area (Å²) >= 11 is 0. The van der Waals surface area contributed by atoms with Crippen LogP contribution in [0.3, 0.4) is 0 Å². The first-order chi connectivity index (χ1) is 8.15. The van der Waals surface area contributed by atoms with Crippen LogP contribution in [-0.4, -0.2) is 23.9 Å². The molecular weight excluding hydrogens is 228 g/mol. The fourth-order valence-electron chi connectivity index (χ4n) is 2.06. The van der Waals surface area contributed by atoms with E-state index in [1.54, 1.807) is 12.1 Å². The minimum atomic E-state index is -2.80. The van der Waals surface area contributed by atoms with Gasteiger partial charge in [0.05, 0.1) is 12.1 Å². The van der Waals surface area contributed by atoms with Crippen molar-refractivity contribution in [2.45, 2.75) is 38.0 Å². The van der Waals surface area contributed by atoms with Gasteiger partial charge in [-0.25, -0.2) is 0 Å². The zero-order valence-electron chi connectivity index (χ0n) is 9.27. The third-order valence-corrected chi connectivity index (χ3v) is 2.91. The van der Waals surface area contributed by atoms with Crippen LogP contribution in [-0.2, 0) is 0 Å². The highest BCUT2D eigenvalue weighted by Gasteiger charge is 2.24. The molecule has 0 unspecified atom stereocenters. The zero-order chi connectivity index (χ0) is 12.3. The van der Waals surface area contributed by atoms with Gasteiger partial charge in [-0.3, -0.25) is 0 Å². The van der Waals surface area contributed by atoms with E-state index in [1.165, 1.54) is 12.1 Å². The standard InChI is InChI=1S/C12H15F2NO2/c13-12(14)17-9-6-4-8(5-7-9)15-10-2-1-3-11(10)16/h4-7,10-12,15-16H,1-3H2/t10-,11-/m1/s1. The number of hydrogen-bond donors (Lipinski definition) is 2. The molecule has 3 nitrogen and oxygen atoms in total. The van der Waals surface area contributed by atoms with Gasteiger partial charge in [-0.2, -0.15) is 8.78 Å². The molecule has 1 aromatic carbocycles. The van der Waals surface area contributed by atoms with Gasteiger partial charge in [0.25, 0.3) is 0 Å². The Kier molecular flexibility index (Phi) is 3.78. The summed E-state index contributed by atoms with van der Waals surface area (Å²) in [7, 11) is 0. The van der Waals surface area contributed by atoms with Gasteiger partial charge in [-0.05, 0) is 43.5 Å². The Balaban J connectivity index is 1.93. The van der Waals surface area contributed by atoms with Crippen molar-refractivity contribution in [1.29, 1.82) is 0 Å². The van der Waals surface area contributed by atoms with Crippen LogP contribution in [0.4, 0.5) is 14.5 Å². The SMILES string of the molecule is O[C@@H]1CCC[C@H]1Nc1ccc(OC(F)F)cc1. The van der Waals surface area contributed by atoms with Crippen molar-refractivity contribution in [3.05, 3.63) is 24.3 Å². The van der Waals surface area contributed by atoms with Gasteiger partial charge in [-0.15, -0.1) is 0 Å². The molecule has 0 aromatic heterocycles. The van der Waals surface area contributed by atoms with E-state index in [1.807, 2.05) is 0 Å². The summed E-state index contributed by atoms with van der Waals surface area (Å²) in [6.45, 7) is -2.80. The lowest BCUT2D eigenvalue weighted by molar-refractivity contribution is -0.0498. The lowest BCUT2D eigenvalue weighted by Gasteiger charge is -2.17. The number of rotatable bonds is 4. The molecule has 0 aliphatic heterocycles. The van der Waals surface area contributed by atoms with Crippen LogP contribution in [0.25, 0.3) is 0 Å². The number of aliphatic hydroxyl groups is 1. The van der Waals surface area contributed by atoms with Crippen LogP contribution in [0, 0.1) is 0 Å². The Bertz CT molecular complexity index is 356. The van der Waals surface area contributed by atoms with Gasteiger partial charge in [-0.1, -0.05) is 0 Å². The maximum absolute atomic E-state index is 11.9. The van der Waals surface area contributed by atoms with E-state index in [4.69, 9.17) is 0 Å². The van der Waals surface area contributed by atoms with Crippen LogP contribution in [0.2, 0.25) is 0 Å². The molecule has 0 saturated heterocycles. The molecule has 1 aromatic rings. The quantitative estimate of drug-likeness (QED) is 0.854. The summed E-state index contributed by atoms with van der Waals surface area (Å²) in [6, 6.07) is 6.36. The highest BCUT2D eigenvalue weighted by Crippen LogP contribution is 2.24. The number of nitrogens with one attached hydrogen (secondary N) is 1. The molecule has 0 radical (unpaired) electrons. The van der Waals surface area contributed by atoms with Crippen LogP contribution >= 0.6 is 0 Å². The van der Waals surface area contributed by atoms with Gasteiger partial charge in [0.2, 0.25) is 0 Å². The molecule has 17 heavy (non-hydrogen) atoms. The van der Waals surface area contributed by atoms with Crippen molar-refractivity contribution >= 4 is 5.69 Å². The van der Waals surface area contributed by atoms with Crippen molar-refractivity contribution in [1.82, 2.24) is 0 Å². The molecule has 2 atom stereocenters. The third kappa shape index (κ3) is 3.30. The molecule has 0 amide bonds. The zero-order valence-corrected chi connectivity index (χ0v) is 9.27. The Labute approximate surface area is 98.4 Å². The summed E-state index contributed by atoms with van der Waals surface area (Å²) in [4.78, 5) is 0. The monoisotopic (exact) mass is 243 g/mol. The maximum Gasteiger partial charge on any atom is 0.387 e. The molecule has 1 saturated carbocycles. The van der Waals surface area contributed by atoms with Crippen molar-refractivity contribution in [3.8, 4) is 5.75 Å². The highest BCUT2D eigenvalue weighted by atomic mass is 19.3. The first kappa shape index (κ1) is 12.1. The molecule has 0 heterocycles. The maximum atomic E-state index is 11.9. The molecule has 2 rings (SSSR count). The Morgan fingerprint density at radius 3 is 2.47 bits per heavy atom. The predicted molar refractivity (Wildman–Crippen MR) is 60.3 cm³/mol.